The predicted molar refractivity (Wildman–Crippen MR) is 115 cm³/mol. The van der Waals surface area contributed by atoms with E-state index in [-0.39, 0.29) is 11.5 Å². The van der Waals surface area contributed by atoms with Crippen molar-refractivity contribution in [3.05, 3.63) is 58.1 Å². The molecule has 1 aromatic carbocycles. The zero-order valence-corrected chi connectivity index (χ0v) is 17.9. The molecule has 1 aromatic heterocycles. The van der Waals surface area contributed by atoms with Crippen LogP contribution in [0.2, 0.25) is 5.02 Å². The summed E-state index contributed by atoms with van der Waals surface area (Å²) in [5.41, 5.74) is 0.616. The molecule has 1 heterocycles. The third-order valence-corrected chi connectivity index (χ3v) is 6.46. The van der Waals surface area contributed by atoms with Gasteiger partial charge in [0.15, 0.2) is 0 Å². The Balaban J connectivity index is 2.14. The fraction of sp³-hybridized carbons (Fsp3) is 0.318. The number of allylic oxidation sites excluding steroid dienone is 2. The Morgan fingerprint density at radius 3 is 2.55 bits per heavy atom. The van der Waals surface area contributed by atoms with E-state index in [1.54, 1.807) is 30.5 Å². The van der Waals surface area contributed by atoms with E-state index >= 15 is 0 Å². The molecule has 0 saturated heterocycles. The fourth-order valence-electron chi connectivity index (χ4n) is 3.82. The lowest BCUT2D eigenvalue weighted by atomic mass is 9.64. The summed E-state index contributed by atoms with van der Waals surface area (Å²) in [6.45, 7) is 5.53. The quantitative estimate of drug-likeness (QED) is 0.619. The minimum atomic E-state index is -1.31. The van der Waals surface area contributed by atoms with Gasteiger partial charge in [0.2, 0.25) is 0 Å². The lowest BCUT2D eigenvalue weighted by Crippen LogP contribution is -2.41. The average Bonchev–Trinajstić information content (AvgIpc) is 3.12. The van der Waals surface area contributed by atoms with E-state index < -0.39 is 23.3 Å². The number of carbonyl (C=O) groups is 2. The van der Waals surface area contributed by atoms with Crippen molar-refractivity contribution in [2.24, 2.45) is 17.3 Å². The smallest absolute Gasteiger partial charge is 0.331 e. The van der Waals surface area contributed by atoms with Crippen molar-refractivity contribution in [2.75, 3.05) is 0 Å². The summed E-state index contributed by atoms with van der Waals surface area (Å²) >= 11 is 7.65. The summed E-state index contributed by atoms with van der Waals surface area (Å²) in [7, 11) is 0. The number of aromatic nitrogens is 1. The molecule has 5 nitrogen and oxygen atoms in total. The SMILES string of the molecule is CC(C)CC1(C(=O)O)C=C(c2csc(-c3ccccc3Cl)n2)C=C(C(=O)O)C1C. The molecule has 7 heteroatoms. The van der Waals surface area contributed by atoms with E-state index in [4.69, 9.17) is 11.6 Å². The number of carboxylic acid groups (broad SMARTS) is 2. The van der Waals surface area contributed by atoms with Gasteiger partial charge in [-0.3, -0.25) is 4.79 Å². The molecule has 3 rings (SSSR count). The van der Waals surface area contributed by atoms with E-state index in [9.17, 15) is 19.8 Å². The van der Waals surface area contributed by atoms with Gasteiger partial charge in [-0.05, 0) is 30.1 Å². The number of nitrogens with zero attached hydrogens (tertiary/aromatic N) is 1. The summed E-state index contributed by atoms with van der Waals surface area (Å²) in [6, 6.07) is 7.34. The predicted octanol–water partition coefficient (Wildman–Crippen LogP) is 5.62. The number of carboxylic acids is 2. The number of hydrogen-bond donors (Lipinski definition) is 2. The monoisotopic (exact) mass is 431 g/mol. The van der Waals surface area contributed by atoms with Crippen LogP contribution in [0.5, 0.6) is 0 Å². The van der Waals surface area contributed by atoms with Crippen molar-refractivity contribution in [3.8, 4) is 10.6 Å². The first-order valence-electron chi connectivity index (χ1n) is 9.27. The molecule has 29 heavy (non-hydrogen) atoms. The van der Waals surface area contributed by atoms with Gasteiger partial charge in [0.1, 0.15) is 5.01 Å². The van der Waals surface area contributed by atoms with Crippen LogP contribution in [-0.4, -0.2) is 27.1 Å². The topological polar surface area (TPSA) is 87.5 Å². The molecule has 0 aliphatic heterocycles. The Morgan fingerprint density at radius 2 is 1.97 bits per heavy atom. The molecule has 2 atom stereocenters. The third kappa shape index (κ3) is 4.00. The maximum atomic E-state index is 12.3. The first-order valence-corrected chi connectivity index (χ1v) is 10.5. The number of hydrogen-bond acceptors (Lipinski definition) is 4. The lowest BCUT2D eigenvalue weighted by molar-refractivity contribution is -0.149. The van der Waals surface area contributed by atoms with Crippen LogP contribution in [0.3, 0.4) is 0 Å². The Morgan fingerprint density at radius 1 is 1.28 bits per heavy atom. The summed E-state index contributed by atoms with van der Waals surface area (Å²) in [6.07, 6.45) is 3.55. The van der Waals surface area contributed by atoms with Gasteiger partial charge in [0.05, 0.1) is 16.1 Å². The molecule has 2 aromatic rings. The van der Waals surface area contributed by atoms with Crippen LogP contribution < -0.4 is 0 Å². The second-order valence-corrected chi connectivity index (χ2v) is 8.95. The van der Waals surface area contributed by atoms with Crippen molar-refractivity contribution < 1.29 is 19.8 Å². The first kappa shape index (κ1) is 21.3. The molecule has 0 saturated carbocycles. The standard InChI is InChI=1S/C22H22ClNO4S/c1-12(2)9-22(21(27)28)10-14(8-16(13(22)3)20(25)26)18-11-29-19(24-18)15-6-4-5-7-17(15)23/h4-8,10-13H,9H2,1-3H3,(H,25,26)(H,27,28). The molecule has 1 aliphatic carbocycles. The van der Waals surface area contributed by atoms with Crippen LogP contribution in [0.1, 0.15) is 32.9 Å². The highest BCUT2D eigenvalue weighted by molar-refractivity contribution is 7.13. The Hall–Kier alpha value is -2.44. The van der Waals surface area contributed by atoms with Crippen molar-refractivity contribution in [1.82, 2.24) is 4.98 Å². The van der Waals surface area contributed by atoms with E-state index in [0.29, 0.717) is 27.7 Å². The van der Waals surface area contributed by atoms with Crippen molar-refractivity contribution in [2.45, 2.75) is 27.2 Å². The molecule has 0 spiro atoms. The van der Waals surface area contributed by atoms with Crippen LogP contribution in [0.25, 0.3) is 16.1 Å². The molecule has 0 fully saturated rings. The average molecular weight is 432 g/mol. The minimum Gasteiger partial charge on any atom is -0.481 e. The number of halogens is 1. The van der Waals surface area contributed by atoms with Gasteiger partial charge >= 0.3 is 11.9 Å². The molecular weight excluding hydrogens is 410 g/mol. The van der Waals surface area contributed by atoms with Crippen molar-refractivity contribution >= 4 is 40.4 Å². The zero-order chi connectivity index (χ0) is 21.3. The number of benzene rings is 1. The normalized spacial score (nSPS) is 21.6. The summed E-state index contributed by atoms with van der Waals surface area (Å²) < 4.78 is 0. The summed E-state index contributed by atoms with van der Waals surface area (Å²) in [5.74, 6) is -2.72. The summed E-state index contributed by atoms with van der Waals surface area (Å²) in [4.78, 5) is 28.8. The van der Waals surface area contributed by atoms with E-state index in [2.05, 4.69) is 4.98 Å². The molecule has 1 aliphatic rings. The van der Waals surface area contributed by atoms with Crippen LogP contribution in [0.4, 0.5) is 0 Å². The first-order chi connectivity index (χ1) is 13.7. The second-order valence-electron chi connectivity index (χ2n) is 7.69. The Labute approximate surface area is 178 Å². The maximum Gasteiger partial charge on any atom is 0.331 e. The highest BCUT2D eigenvalue weighted by Crippen LogP contribution is 2.47. The Bertz CT molecular complexity index is 1020. The van der Waals surface area contributed by atoms with Crippen molar-refractivity contribution in [3.63, 3.8) is 0 Å². The van der Waals surface area contributed by atoms with E-state index in [1.165, 1.54) is 11.3 Å². The molecular formula is C22H22ClNO4S. The lowest BCUT2D eigenvalue weighted by Gasteiger charge is -2.37. The maximum absolute atomic E-state index is 12.3. The van der Waals surface area contributed by atoms with Crippen LogP contribution in [0, 0.1) is 17.3 Å². The highest BCUT2D eigenvalue weighted by atomic mass is 35.5. The number of rotatable bonds is 6. The molecule has 0 bridgehead atoms. The molecule has 2 unspecified atom stereocenters. The Kier molecular flexibility index (Phi) is 5.96. The number of aliphatic carboxylic acids is 2. The minimum absolute atomic E-state index is 0.0771. The molecule has 2 N–H and O–H groups in total. The zero-order valence-electron chi connectivity index (χ0n) is 16.3. The van der Waals surface area contributed by atoms with Crippen LogP contribution in [0.15, 0.2) is 47.4 Å². The number of thiazole rings is 1. The second kappa shape index (κ2) is 8.13. The van der Waals surface area contributed by atoms with Crippen molar-refractivity contribution in [1.29, 1.82) is 0 Å². The highest BCUT2D eigenvalue weighted by Gasteiger charge is 2.47. The van der Waals surface area contributed by atoms with Crippen LogP contribution in [-0.2, 0) is 9.59 Å². The van der Waals surface area contributed by atoms with Gasteiger partial charge < -0.3 is 10.2 Å². The van der Waals surface area contributed by atoms with Gasteiger partial charge in [-0.15, -0.1) is 11.3 Å². The largest absolute Gasteiger partial charge is 0.481 e. The summed E-state index contributed by atoms with van der Waals surface area (Å²) in [5, 5.41) is 22.9. The third-order valence-electron chi connectivity index (χ3n) is 5.26. The molecule has 0 amide bonds. The molecule has 152 valence electrons. The van der Waals surface area contributed by atoms with Gasteiger partial charge in [0.25, 0.3) is 0 Å². The van der Waals surface area contributed by atoms with Gasteiger partial charge in [-0.1, -0.05) is 56.6 Å². The van der Waals surface area contributed by atoms with E-state index in [1.807, 2.05) is 32.0 Å². The fourth-order valence-corrected chi connectivity index (χ4v) is 4.97. The van der Waals surface area contributed by atoms with Gasteiger partial charge in [-0.2, -0.15) is 0 Å². The van der Waals surface area contributed by atoms with Crippen LogP contribution >= 0.6 is 22.9 Å². The van der Waals surface area contributed by atoms with E-state index in [0.717, 1.165) is 5.56 Å². The van der Waals surface area contributed by atoms with Gasteiger partial charge in [-0.25, -0.2) is 9.78 Å². The molecule has 0 radical (unpaired) electrons. The van der Waals surface area contributed by atoms with Gasteiger partial charge in [0, 0.05) is 22.4 Å².